The van der Waals surface area contributed by atoms with Gasteiger partial charge in [-0.1, -0.05) is 0 Å². The first-order chi connectivity index (χ1) is 7.11. The minimum Gasteiger partial charge on any atom is -0.326 e. The third-order valence-corrected chi connectivity index (χ3v) is 4.41. The summed E-state index contributed by atoms with van der Waals surface area (Å²) >= 11 is 1.85. The Morgan fingerprint density at radius 3 is 2.80 bits per heavy atom. The number of nitrogens with zero attached hydrogens (tertiary/aromatic N) is 1. The normalized spacial score (nSPS) is 27.8. The standard InChI is InChI=1S/C12H20N2S/c1-8(2)14-6-4-10(13)11(14)12-9(3)5-7-15-12/h5,7-8,10-11H,4,6,13H2,1-3H3. The second-order valence-electron chi connectivity index (χ2n) is 4.70. The van der Waals surface area contributed by atoms with Crippen molar-refractivity contribution in [1.82, 2.24) is 4.90 Å². The molecule has 2 nitrogen and oxygen atoms in total. The molecule has 3 heteroatoms. The van der Waals surface area contributed by atoms with Gasteiger partial charge in [-0.3, -0.25) is 4.90 Å². The fraction of sp³-hybridized carbons (Fsp3) is 0.667. The van der Waals surface area contributed by atoms with Gasteiger partial charge in [0, 0.05) is 23.5 Å². The van der Waals surface area contributed by atoms with E-state index in [0.717, 1.165) is 13.0 Å². The molecule has 2 N–H and O–H groups in total. The van der Waals surface area contributed by atoms with Crippen molar-refractivity contribution in [3.8, 4) is 0 Å². The number of hydrogen-bond acceptors (Lipinski definition) is 3. The van der Waals surface area contributed by atoms with Crippen molar-refractivity contribution in [2.24, 2.45) is 5.73 Å². The molecular weight excluding hydrogens is 204 g/mol. The van der Waals surface area contributed by atoms with Gasteiger partial charge in [-0.2, -0.15) is 0 Å². The molecule has 2 rings (SSSR count). The van der Waals surface area contributed by atoms with Crippen molar-refractivity contribution in [2.75, 3.05) is 6.54 Å². The molecule has 1 aromatic rings. The SMILES string of the molecule is Cc1ccsc1C1C(N)CCN1C(C)C. The van der Waals surface area contributed by atoms with Crippen LogP contribution in [0, 0.1) is 6.92 Å². The van der Waals surface area contributed by atoms with Crippen molar-refractivity contribution >= 4 is 11.3 Å². The summed E-state index contributed by atoms with van der Waals surface area (Å²) in [5, 5.41) is 2.17. The second kappa shape index (κ2) is 4.24. The average molecular weight is 224 g/mol. The van der Waals surface area contributed by atoms with E-state index >= 15 is 0 Å². The van der Waals surface area contributed by atoms with Gasteiger partial charge < -0.3 is 5.73 Å². The molecule has 84 valence electrons. The molecule has 0 amide bonds. The molecule has 1 saturated heterocycles. The summed E-state index contributed by atoms with van der Waals surface area (Å²) in [5.74, 6) is 0. The highest BCUT2D eigenvalue weighted by molar-refractivity contribution is 7.10. The van der Waals surface area contributed by atoms with E-state index in [1.54, 1.807) is 0 Å². The van der Waals surface area contributed by atoms with Gasteiger partial charge in [0.15, 0.2) is 0 Å². The van der Waals surface area contributed by atoms with Crippen LogP contribution in [-0.2, 0) is 0 Å². The van der Waals surface area contributed by atoms with Crippen LogP contribution in [0.2, 0.25) is 0 Å². The molecule has 0 radical (unpaired) electrons. The van der Waals surface area contributed by atoms with Gasteiger partial charge >= 0.3 is 0 Å². The molecule has 0 bridgehead atoms. The topological polar surface area (TPSA) is 29.3 Å². The lowest BCUT2D eigenvalue weighted by molar-refractivity contribution is 0.200. The van der Waals surface area contributed by atoms with Crippen LogP contribution in [0.1, 0.15) is 36.8 Å². The number of hydrogen-bond donors (Lipinski definition) is 1. The van der Waals surface area contributed by atoms with Gasteiger partial charge in [-0.25, -0.2) is 0 Å². The van der Waals surface area contributed by atoms with Crippen molar-refractivity contribution < 1.29 is 0 Å². The summed E-state index contributed by atoms with van der Waals surface area (Å²) < 4.78 is 0. The van der Waals surface area contributed by atoms with Gasteiger partial charge in [0.25, 0.3) is 0 Å². The Morgan fingerprint density at radius 1 is 1.53 bits per heavy atom. The predicted molar refractivity (Wildman–Crippen MR) is 66.2 cm³/mol. The molecule has 2 heterocycles. The van der Waals surface area contributed by atoms with Gasteiger partial charge in [-0.05, 0) is 44.2 Å². The predicted octanol–water partition coefficient (Wildman–Crippen LogP) is 2.54. The van der Waals surface area contributed by atoms with E-state index in [1.807, 2.05) is 11.3 Å². The van der Waals surface area contributed by atoms with Gasteiger partial charge in [-0.15, -0.1) is 11.3 Å². The zero-order chi connectivity index (χ0) is 11.0. The van der Waals surface area contributed by atoms with E-state index in [9.17, 15) is 0 Å². The highest BCUT2D eigenvalue weighted by Gasteiger charge is 2.35. The Morgan fingerprint density at radius 2 is 2.27 bits per heavy atom. The average Bonchev–Trinajstić information content (AvgIpc) is 2.71. The summed E-state index contributed by atoms with van der Waals surface area (Å²) in [7, 11) is 0. The summed E-state index contributed by atoms with van der Waals surface area (Å²) in [5.41, 5.74) is 7.63. The Bertz CT molecular complexity index is 332. The van der Waals surface area contributed by atoms with Crippen LogP contribution in [0.3, 0.4) is 0 Å². The Balaban J connectivity index is 2.29. The number of thiophene rings is 1. The largest absolute Gasteiger partial charge is 0.326 e. The minimum atomic E-state index is 0.310. The highest BCUT2D eigenvalue weighted by Crippen LogP contribution is 2.37. The summed E-state index contributed by atoms with van der Waals surface area (Å²) in [6.45, 7) is 7.85. The van der Waals surface area contributed by atoms with E-state index in [2.05, 4.69) is 37.1 Å². The van der Waals surface area contributed by atoms with Gasteiger partial charge in [0.1, 0.15) is 0 Å². The van der Waals surface area contributed by atoms with E-state index in [-0.39, 0.29) is 0 Å². The minimum absolute atomic E-state index is 0.310. The molecule has 1 aliphatic rings. The Labute approximate surface area is 96.1 Å². The maximum absolute atomic E-state index is 6.23. The molecule has 1 aromatic heterocycles. The smallest absolute Gasteiger partial charge is 0.0598 e. The molecule has 1 fully saturated rings. The lowest BCUT2D eigenvalue weighted by Gasteiger charge is -2.30. The lowest BCUT2D eigenvalue weighted by atomic mass is 10.1. The van der Waals surface area contributed by atoms with Crippen LogP contribution in [0.4, 0.5) is 0 Å². The zero-order valence-corrected chi connectivity index (χ0v) is 10.6. The second-order valence-corrected chi connectivity index (χ2v) is 5.64. The first kappa shape index (κ1) is 11.1. The summed E-state index contributed by atoms with van der Waals surface area (Å²) in [4.78, 5) is 4.00. The zero-order valence-electron chi connectivity index (χ0n) is 9.73. The Kier molecular flexibility index (Phi) is 3.14. The fourth-order valence-electron chi connectivity index (χ4n) is 2.45. The number of likely N-dealkylation sites (tertiary alicyclic amines) is 1. The molecule has 2 atom stereocenters. The van der Waals surface area contributed by atoms with E-state index < -0.39 is 0 Å². The summed E-state index contributed by atoms with van der Waals surface area (Å²) in [6.07, 6.45) is 1.13. The molecule has 15 heavy (non-hydrogen) atoms. The molecule has 2 unspecified atom stereocenters. The van der Waals surface area contributed by atoms with Crippen molar-refractivity contribution in [3.63, 3.8) is 0 Å². The van der Waals surface area contributed by atoms with Crippen molar-refractivity contribution in [1.29, 1.82) is 0 Å². The van der Waals surface area contributed by atoms with Crippen LogP contribution < -0.4 is 5.73 Å². The number of nitrogens with two attached hydrogens (primary N) is 1. The molecule has 0 aromatic carbocycles. The van der Waals surface area contributed by atoms with E-state index in [0.29, 0.717) is 18.1 Å². The van der Waals surface area contributed by atoms with Gasteiger partial charge in [0.05, 0.1) is 6.04 Å². The lowest BCUT2D eigenvalue weighted by Crippen LogP contribution is -2.35. The fourth-order valence-corrected chi connectivity index (χ4v) is 3.58. The quantitative estimate of drug-likeness (QED) is 0.836. The van der Waals surface area contributed by atoms with Crippen molar-refractivity contribution in [3.05, 3.63) is 21.9 Å². The Hall–Kier alpha value is -0.380. The maximum atomic E-state index is 6.23. The maximum Gasteiger partial charge on any atom is 0.0598 e. The van der Waals surface area contributed by atoms with E-state index in [1.165, 1.54) is 10.4 Å². The highest BCUT2D eigenvalue weighted by atomic mass is 32.1. The third-order valence-electron chi connectivity index (χ3n) is 3.32. The van der Waals surface area contributed by atoms with Gasteiger partial charge in [0.2, 0.25) is 0 Å². The molecule has 0 spiro atoms. The molecular formula is C12H20N2S. The van der Waals surface area contributed by atoms with Crippen LogP contribution in [0.5, 0.6) is 0 Å². The first-order valence-electron chi connectivity index (χ1n) is 5.66. The molecule has 0 saturated carbocycles. The van der Waals surface area contributed by atoms with Crippen LogP contribution in [-0.4, -0.2) is 23.5 Å². The third kappa shape index (κ3) is 1.96. The van der Waals surface area contributed by atoms with Crippen LogP contribution in [0.25, 0.3) is 0 Å². The van der Waals surface area contributed by atoms with Crippen LogP contribution >= 0.6 is 11.3 Å². The molecule has 0 aliphatic carbocycles. The van der Waals surface area contributed by atoms with Crippen molar-refractivity contribution in [2.45, 2.75) is 45.3 Å². The molecule has 1 aliphatic heterocycles. The van der Waals surface area contributed by atoms with E-state index in [4.69, 9.17) is 5.73 Å². The van der Waals surface area contributed by atoms with Crippen LogP contribution in [0.15, 0.2) is 11.4 Å². The monoisotopic (exact) mass is 224 g/mol. The number of rotatable bonds is 2. The first-order valence-corrected chi connectivity index (χ1v) is 6.54. The summed E-state index contributed by atoms with van der Waals surface area (Å²) in [6, 6.07) is 3.54. The number of aryl methyl sites for hydroxylation is 1.